The Balaban J connectivity index is 2.01. The molecule has 0 fully saturated rings. The third kappa shape index (κ3) is 2.82. The molecule has 2 heterocycles. The van der Waals surface area contributed by atoms with Crippen LogP contribution in [0.4, 0.5) is 0 Å². The number of likely N-dealkylation sites (N-methyl/N-ethyl adjacent to an activating group) is 1. The van der Waals surface area contributed by atoms with Crippen LogP contribution in [0.25, 0.3) is 21.9 Å². The lowest BCUT2D eigenvalue weighted by atomic mass is 10.2. The average molecular weight is 315 g/mol. The van der Waals surface area contributed by atoms with Crippen LogP contribution < -0.4 is 15.2 Å². The van der Waals surface area contributed by atoms with Gasteiger partial charge in [0.2, 0.25) is 0 Å². The Morgan fingerprint density at radius 2 is 2.09 bits per heavy atom. The number of nitrogens with one attached hydrogen (secondary N) is 2. The van der Waals surface area contributed by atoms with E-state index in [1.807, 2.05) is 18.2 Å². The zero-order valence-electron chi connectivity index (χ0n) is 13.8. The lowest BCUT2D eigenvalue weighted by Crippen LogP contribution is -3.11. The fourth-order valence-corrected chi connectivity index (χ4v) is 2.94. The fraction of sp³-hybridized carbons (Fsp3) is 0.412. The highest BCUT2D eigenvalue weighted by Gasteiger charge is 2.12. The summed E-state index contributed by atoms with van der Waals surface area (Å²) in [6.45, 7) is 8.05. The van der Waals surface area contributed by atoms with Gasteiger partial charge in [-0.15, -0.1) is 0 Å². The Kier molecular flexibility index (Phi) is 4.34. The summed E-state index contributed by atoms with van der Waals surface area (Å²) in [5.41, 5.74) is 2.14. The van der Waals surface area contributed by atoms with Crippen LogP contribution in [-0.4, -0.2) is 41.3 Å². The number of H-pyrrole nitrogens is 1. The van der Waals surface area contributed by atoms with Crippen molar-refractivity contribution >= 4 is 21.9 Å². The first-order valence-corrected chi connectivity index (χ1v) is 8.06. The Bertz CT molecular complexity index is 877. The minimum absolute atomic E-state index is 0.0169. The van der Waals surface area contributed by atoms with E-state index >= 15 is 0 Å². The van der Waals surface area contributed by atoms with Gasteiger partial charge in [0, 0.05) is 11.5 Å². The van der Waals surface area contributed by atoms with E-state index in [0.29, 0.717) is 12.1 Å². The van der Waals surface area contributed by atoms with Gasteiger partial charge in [-0.2, -0.15) is 0 Å². The van der Waals surface area contributed by atoms with Crippen molar-refractivity contribution < 1.29 is 9.64 Å². The van der Waals surface area contributed by atoms with E-state index in [4.69, 9.17) is 4.74 Å². The smallest absolute Gasteiger partial charge is 0.277 e. The molecule has 6 heteroatoms. The number of nitrogens with zero attached hydrogens (tertiary/aromatic N) is 2. The van der Waals surface area contributed by atoms with Crippen molar-refractivity contribution in [2.75, 3.05) is 26.7 Å². The largest absolute Gasteiger partial charge is 0.497 e. The molecule has 3 aromatic rings. The molecule has 6 nitrogen and oxygen atoms in total. The maximum Gasteiger partial charge on any atom is 0.277 e. The lowest BCUT2D eigenvalue weighted by Gasteiger charge is -2.15. The molecule has 1 aromatic carbocycles. The van der Waals surface area contributed by atoms with Gasteiger partial charge in [0.25, 0.3) is 5.56 Å². The normalized spacial score (nSPS) is 11.7. The summed E-state index contributed by atoms with van der Waals surface area (Å²) in [4.78, 5) is 21.9. The second-order valence-corrected chi connectivity index (χ2v) is 5.71. The molecule has 0 saturated heterocycles. The van der Waals surface area contributed by atoms with E-state index in [1.54, 1.807) is 18.0 Å². The van der Waals surface area contributed by atoms with E-state index in [2.05, 4.69) is 23.8 Å². The topological polar surface area (TPSA) is 64.3 Å². The van der Waals surface area contributed by atoms with Gasteiger partial charge in [0.05, 0.1) is 45.1 Å². The fourth-order valence-electron chi connectivity index (χ4n) is 2.94. The molecule has 2 aromatic heterocycles. The molecule has 2 N–H and O–H groups in total. The molecular formula is C17H23N4O2+. The third-order valence-electron chi connectivity index (χ3n) is 4.49. The minimum Gasteiger partial charge on any atom is -0.497 e. The van der Waals surface area contributed by atoms with Gasteiger partial charge in [-0.1, -0.05) is 0 Å². The zero-order valence-corrected chi connectivity index (χ0v) is 13.8. The van der Waals surface area contributed by atoms with Gasteiger partial charge in [-0.25, -0.2) is 4.98 Å². The molecule has 0 aliphatic carbocycles. The number of aromatic amines is 1. The number of benzene rings is 1. The summed E-state index contributed by atoms with van der Waals surface area (Å²) >= 11 is 0. The van der Waals surface area contributed by atoms with Crippen LogP contribution in [0.1, 0.15) is 13.8 Å². The van der Waals surface area contributed by atoms with Crippen LogP contribution in [0, 0.1) is 0 Å². The summed E-state index contributed by atoms with van der Waals surface area (Å²) in [6, 6.07) is 5.71. The summed E-state index contributed by atoms with van der Waals surface area (Å²) in [5.74, 6) is 0.759. The van der Waals surface area contributed by atoms with Crippen molar-refractivity contribution in [3.63, 3.8) is 0 Å². The number of quaternary nitrogens is 1. The number of methoxy groups -OCH3 is 1. The molecule has 0 spiro atoms. The molecule has 0 unspecified atom stereocenters. The van der Waals surface area contributed by atoms with Crippen LogP contribution in [0.5, 0.6) is 5.75 Å². The van der Waals surface area contributed by atoms with Crippen molar-refractivity contribution in [3.05, 3.63) is 34.9 Å². The first-order chi connectivity index (χ1) is 11.2. The maximum atomic E-state index is 12.7. The molecule has 23 heavy (non-hydrogen) atoms. The summed E-state index contributed by atoms with van der Waals surface area (Å²) < 4.78 is 6.93. The third-order valence-corrected chi connectivity index (χ3v) is 4.49. The predicted octanol–water partition coefficient (Wildman–Crippen LogP) is 0.811. The zero-order chi connectivity index (χ0) is 16.4. The van der Waals surface area contributed by atoms with E-state index in [0.717, 1.165) is 41.8 Å². The summed E-state index contributed by atoms with van der Waals surface area (Å²) in [5, 5.41) is 0.944. The lowest BCUT2D eigenvalue weighted by molar-refractivity contribution is -0.897. The van der Waals surface area contributed by atoms with Gasteiger partial charge in [0.15, 0.2) is 0 Å². The molecule has 0 atom stereocenters. The molecule has 0 bridgehead atoms. The number of aromatic nitrogens is 3. The Morgan fingerprint density at radius 3 is 2.78 bits per heavy atom. The summed E-state index contributed by atoms with van der Waals surface area (Å²) in [6.07, 6.45) is 1.66. The maximum absolute atomic E-state index is 12.7. The van der Waals surface area contributed by atoms with Crippen LogP contribution in [0.2, 0.25) is 0 Å². The van der Waals surface area contributed by atoms with Crippen LogP contribution in [0.3, 0.4) is 0 Å². The van der Waals surface area contributed by atoms with E-state index in [-0.39, 0.29) is 5.56 Å². The highest BCUT2D eigenvalue weighted by Crippen LogP contribution is 2.25. The van der Waals surface area contributed by atoms with Crippen molar-refractivity contribution in [2.24, 2.45) is 0 Å². The standard InChI is InChI=1S/C17H22N4O2/c1-4-20(5-2)8-9-21-11-18-15-13-7-6-12(23-3)10-14(13)19-16(15)17(21)22/h6-7,10-11,19H,4-5,8-9H2,1-3H3/p+1. The monoisotopic (exact) mass is 315 g/mol. The molecule has 0 amide bonds. The number of hydrogen-bond acceptors (Lipinski definition) is 3. The second kappa shape index (κ2) is 6.42. The molecule has 0 aliphatic heterocycles. The molecule has 3 rings (SSSR count). The van der Waals surface area contributed by atoms with Crippen molar-refractivity contribution in [1.29, 1.82) is 0 Å². The van der Waals surface area contributed by atoms with Gasteiger partial charge < -0.3 is 14.6 Å². The van der Waals surface area contributed by atoms with Crippen LogP contribution in [0.15, 0.2) is 29.3 Å². The van der Waals surface area contributed by atoms with Crippen molar-refractivity contribution in [3.8, 4) is 5.75 Å². The minimum atomic E-state index is -0.0169. The Labute approximate surface area is 134 Å². The Hall–Kier alpha value is -2.34. The van der Waals surface area contributed by atoms with Gasteiger partial charge >= 0.3 is 0 Å². The van der Waals surface area contributed by atoms with Crippen LogP contribution >= 0.6 is 0 Å². The number of fused-ring (bicyclic) bond motifs is 3. The predicted molar refractivity (Wildman–Crippen MR) is 91.3 cm³/mol. The molecule has 0 saturated carbocycles. The first kappa shape index (κ1) is 15.6. The number of hydrogen-bond donors (Lipinski definition) is 2. The van der Waals surface area contributed by atoms with Gasteiger partial charge in [0.1, 0.15) is 16.8 Å². The highest BCUT2D eigenvalue weighted by atomic mass is 16.5. The number of ether oxygens (including phenoxy) is 1. The molecule has 122 valence electrons. The van der Waals surface area contributed by atoms with Gasteiger partial charge in [-0.3, -0.25) is 9.36 Å². The average Bonchev–Trinajstić information content (AvgIpc) is 2.96. The Morgan fingerprint density at radius 1 is 1.30 bits per heavy atom. The van der Waals surface area contributed by atoms with Crippen LogP contribution in [-0.2, 0) is 6.54 Å². The molecular weight excluding hydrogens is 292 g/mol. The van der Waals surface area contributed by atoms with Crippen molar-refractivity contribution in [1.82, 2.24) is 14.5 Å². The molecule has 0 radical (unpaired) electrons. The van der Waals surface area contributed by atoms with Gasteiger partial charge in [-0.05, 0) is 26.0 Å². The van der Waals surface area contributed by atoms with E-state index < -0.39 is 0 Å². The SMILES string of the molecule is CC[NH+](CC)CCn1cnc2c([nH]c3cc(OC)ccc32)c1=O. The van der Waals surface area contributed by atoms with Crippen molar-refractivity contribution in [2.45, 2.75) is 20.4 Å². The first-order valence-electron chi connectivity index (χ1n) is 8.06. The summed E-state index contributed by atoms with van der Waals surface area (Å²) in [7, 11) is 1.63. The molecule has 0 aliphatic rings. The van der Waals surface area contributed by atoms with E-state index in [9.17, 15) is 4.79 Å². The number of rotatable bonds is 6. The quantitative estimate of drug-likeness (QED) is 0.707. The second-order valence-electron chi connectivity index (χ2n) is 5.71. The highest BCUT2D eigenvalue weighted by molar-refractivity contribution is 6.04. The van der Waals surface area contributed by atoms with E-state index in [1.165, 1.54) is 4.90 Å².